The summed E-state index contributed by atoms with van der Waals surface area (Å²) in [4.78, 5) is 23.5. The van der Waals surface area contributed by atoms with Crippen LogP contribution in [0.1, 0.15) is 23.0 Å². The Morgan fingerprint density at radius 2 is 2.04 bits per heavy atom. The monoisotopic (exact) mass is 376 g/mol. The van der Waals surface area contributed by atoms with Crippen LogP contribution in [0.5, 0.6) is 0 Å². The van der Waals surface area contributed by atoms with Gasteiger partial charge in [0.2, 0.25) is 5.91 Å². The predicted octanol–water partition coefficient (Wildman–Crippen LogP) is 3.01. The number of rotatable bonds is 4. The van der Waals surface area contributed by atoms with Crippen molar-refractivity contribution in [3.63, 3.8) is 0 Å². The summed E-state index contributed by atoms with van der Waals surface area (Å²) in [7, 11) is 0. The van der Waals surface area contributed by atoms with E-state index in [0.29, 0.717) is 29.0 Å². The van der Waals surface area contributed by atoms with Crippen LogP contribution in [-0.2, 0) is 4.79 Å². The first kappa shape index (κ1) is 18.2. The molecule has 2 aromatic rings. The van der Waals surface area contributed by atoms with Gasteiger partial charge in [-0.3, -0.25) is 4.79 Å². The lowest BCUT2D eigenvalue weighted by Gasteiger charge is -2.37. The molecule has 1 fully saturated rings. The number of piperazine rings is 1. The summed E-state index contributed by atoms with van der Waals surface area (Å²) in [5.74, 6) is 0.406. The smallest absolute Gasteiger partial charge is 0.233 e. The van der Waals surface area contributed by atoms with Crippen LogP contribution in [0.2, 0.25) is 5.02 Å². The number of nitrogens with zero attached hydrogens (tertiary/aromatic N) is 3. The number of aromatic nitrogens is 2. The fourth-order valence-electron chi connectivity index (χ4n) is 2.99. The van der Waals surface area contributed by atoms with Gasteiger partial charge in [0.1, 0.15) is 0 Å². The molecule has 0 spiro atoms. The first-order valence-corrected chi connectivity index (χ1v) is 9.60. The van der Waals surface area contributed by atoms with Gasteiger partial charge in [0, 0.05) is 36.0 Å². The lowest BCUT2D eigenvalue weighted by molar-refractivity contribution is -0.131. The summed E-state index contributed by atoms with van der Waals surface area (Å²) in [5, 5.41) is 4.69. The van der Waals surface area contributed by atoms with Crippen molar-refractivity contribution in [3.8, 4) is 0 Å². The zero-order valence-electron chi connectivity index (χ0n) is 14.3. The summed E-state index contributed by atoms with van der Waals surface area (Å²) >= 11 is 7.73. The maximum Gasteiger partial charge on any atom is 0.233 e. The Morgan fingerprint density at radius 1 is 1.32 bits per heavy atom. The minimum atomic E-state index is -0.0456. The molecule has 0 radical (unpaired) electrons. The molecule has 1 N–H and O–H groups in total. The number of hydrogen-bond acceptors (Lipinski definition) is 5. The third kappa shape index (κ3) is 4.51. The van der Waals surface area contributed by atoms with Crippen molar-refractivity contribution in [3.05, 3.63) is 52.3 Å². The zero-order valence-corrected chi connectivity index (χ0v) is 15.9. The van der Waals surface area contributed by atoms with Gasteiger partial charge in [0.05, 0.1) is 11.8 Å². The van der Waals surface area contributed by atoms with E-state index in [1.807, 2.05) is 49.1 Å². The zero-order chi connectivity index (χ0) is 17.8. The number of carbonyl (C=O) groups excluding carboxylic acids is 1. The van der Waals surface area contributed by atoms with E-state index in [1.165, 1.54) is 11.8 Å². The predicted molar refractivity (Wildman–Crippen MR) is 101 cm³/mol. The van der Waals surface area contributed by atoms with Gasteiger partial charge in [0.25, 0.3) is 0 Å². The van der Waals surface area contributed by atoms with Gasteiger partial charge in [-0.15, -0.1) is 0 Å². The van der Waals surface area contributed by atoms with E-state index in [9.17, 15) is 4.79 Å². The molecule has 5 nitrogen and oxygen atoms in total. The second kappa shape index (κ2) is 8.17. The van der Waals surface area contributed by atoms with Crippen molar-refractivity contribution < 1.29 is 4.79 Å². The van der Waals surface area contributed by atoms with E-state index in [-0.39, 0.29) is 11.9 Å². The Morgan fingerprint density at radius 3 is 2.76 bits per heavy atom. The molecule has 1 atom stereocenters. The van der Waals surface area contributed by atoms with Gasteiger partial charge in [-0.05, 0) is 31.5 Å². The van der Waals surface area contributed by atoms with Gasteiger partial charge >= 0.3 is 0 Å². The van der Waals surface area contributed by atoms with Crippen LogP contribution >= 0.6 is 23.4 Å². The number of thioether (sulfide) groups is 1. The topological polar surface area (TPSA) is 58.1 Å². The largest absolute Gasteiger partial charge is 0.332 e. The highest BCUT2D eigenvalue weighted by atomic mass is 35.5. The molecule has 1 saturated heterocycles. The molecule has 1 aromatic heterocycles. The Labute approximate surface area is 157 Å². The average Bonchev–Trinajstić information content (AvgIpc) is 2.59. The fraction of sp³-hybridized carbons (Fsp3) is 0.389. The van der Waals surface area contributed by atoms with E-state index >= 15 is 0 Å². The molecule has 1 unspecified atom stereocenters. The van der Waals surface area contributed by atoms with Crippen molar-refractivity contribution in [2.75, 3.05) is 25.4 Å². The maximum absolute atomic E-state index is 12.8. The minimum Gasteiger partial charge on any atom is -0.332 e. The summed E-state index contributed by atoms with van der Waals surface area (Å²) in [5.41, 5.74) is 2.81. The molecule has 1 amide bonds. The molecule has 25 heavy (non-hydrogen) atoms. The minimum absolute atomic E-state index is 0.0456. The second-order valence-corrected chi connectivity index (χ2v) is 7.40. The van der Waals surface area contributed by atoms with Gasteiger partial charge < -0.3 is 10.2 Å². The Bertz CT molecular complexity index is 750. The molecule has 0 aliphatic carbocycles. The van der Waals surface area contributed by atoms with E-state index in [4.69, 9.17) is 11.6 Å². The maximum atomic E-state index is 12.8. The molecular formula is C18H21ClN4OS. The molecule has 1 aliphatic heterocycles. The Balaban J connectivity index is 1.72. The van der Waals surface area contributed by atoms with Gasteiger partial charge in [-0.25, -0.2) is 9.97 Å². The van der Waals surface area contributed by atoms with Crippen LogP contribution in [0.3, 0.4) is 0 Å². The van der Waals surface area contributed by atoms with Crippen LogP contribution in [0.25, 0.3) is 0 Å². The number of hydrogen-bond donors (Lipinski definition) is 1. The second-order valence-electron chi connectivity index (χ2n) is 6.05. The molecule has 7 heteroatoms. The van der Waals surface area contributed by atoms with Crippen LogP contribution in [0.15, 0.2) is 35.5 Å². The number of benzene rings is 1. The van der Waals surface area contributed by atoms with Crippen molar-refractivity contribution in [2.45, 2.75) is 25.0 Å². The van der Waals surface area contributed by atoms with Crippen LogP contribution in [0, 0.1) is 13.8 Å². The van der Waals surface area contributed by atoms with Crippen LogP contribution in [-0.4, -0.2) is 46.2 Å². The van der Waals surface area contributed by atoms with Crippen molar-refractivity contribution >= 4 is 29.3 Å². The number of halogens is 1. The Kier molecular flexibility index (Phi) is 5.93. The molecule has 1 aromatic carbocycles. The van der Waals surface area contributed by atoms with Crippen LogP contribution in [0.4, 0.5) is 0 Å². The lowest BCUT2D eigenvalue weighted by Crippen LogP contribution is -2.49. The third-order valence-corrected chi connectivity index (χ3v) is 5.29. The number of nitrogens with one attached hydrogen (secondary N) is 1. The molecule has 3 rings (SSSR count). The molecule has 0 bridgehead atoms. The highest BCUT2D eigenvalue weighted by molar-refractivity contribution is 7.99. The summed E-state index contributed by atoms with van der Waals surface area (Å²) in [6, 6.07) is 9.59. The first-order valence-electron chi connectivity index (χ1n) is 8.24. The standard InChI is InChI=1S/C18H21ClN4OS/c1-12-9-13(2)22-18(21-12)25-11-17(24)23-8-7-20-10-16(23)14-5-3-4-6-15(14)19/h3-6,9,16,20H,7-8,10-11H2,1-2H3. The third-order valence-electron chi connectivity index (χ3n) is 4.11. The molecule has 1 aliphatic rings. The van der Waals surface area contributed by atoms with E-state index in [1.54, 1.807) is 0 Å². The summed E-state index contributed by atoms with van der Waals surface area (Å²) in [6.07, 6.45) is 0. The number of aryl methyl sites for hydroxylation is 2. The molecular weight excluding hydrogens is 356 g/mol. The van der Waals surface area contributed by atoms with Crippen molar-refractivity contribution in [1.82, 2.24) is 20.2 Å². The fourth-order valence-corrected chi connectivity index (χ4v) is 4.09. The average molecular weight is 377 g/mol. The van der Waals surface area contributed by atoms with Crippen molar-refractivity contribution in [1.29, 1.82) is 0 Å². The molecule has 132 valence electrons. The van der Waals surface area contributed by atoms with Crippen molar-refractivity contribution in [2.24, 2.45) is 0 Å². The van der Waals surface area contributed by atoms with Gasteiger partial charge in [0.15, 0.2) is 5.16 Å². The number of amides is 1. The SMILES string of the molecule is Cc1cc(C)nc(SCC(=O)N2CCNCC2c2ccccc2Cl)n1. The van der Waals surface area contributed by atoms with Gasteiger partial charge in [-0.2, -0.15) is 0 Å². The normalized spacial score (nSPS) is 17.6. The number of carbonyl (C=O) groups is 1. The lowest BCUT2D eigenvalue weighted by atomic mass is 10.0. The summed E-state index contributed by atoms with van der Waals surface area (Å²) in [6.45, 7) is 6.04. The van der Waals surface area contributed by atoms with E-state index in [2.05, 4.69) is 15.3 Å². The quantitative estimate of drug-likeness (QED) is 0.656. The Hall–Kier alpha value is -1.63. The van der Waals surface area contributed by atoms with Crippen LogP contribution < -0.4 is 5.32 Å². The highest BCUT2D eigenvalue weighted by Gasteiger charge is 2.29. The molecule has 2 heterocycles. The summed E-state index contributed by atoms with van der Waals surface area (Å²) < 4.78 is 0. The molecule has 0 saturated carbocycles. The van der Waals surface area contributed by atoms with E-state index < -0.39 is 0 Å². The van der Waals surface area contributed by atoms with Gasteiger partial charge in [-0.1, -0.05) is 41.6 Å². The highest BCUT2D eigenvalue weighted by Crippen LogP contribution is 2.29. The van der Waals surface area contributed by atoms with E-state index in [0.717, 1.165) is 23.5 Å². The first-order chi connectivity index (χ1) is 12.0.